The third kappa shape index (κ3) is 2.14. The lowest BCUT2D eigenvalue weighted by atomic mass is 9.84. The van der Waals surface area contributed by atoms with E-state index in [0.717, 1.165) is 19.3 Å². The number of hydrogen-bond acceptors (Lipinski definition) is 2. The second-order valence-corrected chi connectivity index (χ2v) is 3.21. The van der Waals surface area contributed by atoms with Gasteiger partial charge in [0.2, 0.25) is 0 Å². The quantitative estimate of drug-likeness (QED) is 0.567. The molecule has 0 N–H and O–H groups in total. The van der Waals surface area contributed by atoms with Crippen LogP contribution in [0.15, 0.2) is 0 Å². The van der Waals surface area contributed by atoms with Crippen molar-refractivity contribution in [3.8, 4) is 0 Å². The molecule has 1 fully saturated rings. The molecule has 1 aliphatic rings. The topological polar surface area (TPSA) is 34.1 Å². The number of carbonyl (C=O) groups is 2. The molecule has 0 aromatic heterocycles. The summed E-state index contributed by atoms with van der Waals surface area (Å²) in [6.07, 6.45) is 3.63. The largest absolute Gasteiger partial charge is 0.299 e. The maximum absolute atomic E-state index is 11.2. The highest BCUT2D eigenvalue weighted by Gasteiger charge is 2.25. The molecule has 2 nitrogen and oxygen atoms in total. The SMILES string of the molecule is CCCC1CCC(=O)CC1=O. The van der Waals surface area contributed by atoms with Crippen LogP contribution in [0.4, 0.5) is 0 Å². The van der Waals surface area contributed by atoms with E-state index in [9.17, 15) is 9.59 Å². The molecule has 0 radical (unpaired) electrons. The van der Waals surface area contributed by atoms with E-state index in [-0.39, 0.29) is 23.9 Å². The van der Waals surface area contributed by atoms with Crippen molar-refractivity contribution in [3.05, 3.63) is 0 Å². The minimum Gasteiger partial charge on any atom is -0.299 e. The molecule has 0 aromatic rings. The van der Waals surface area contributed by atoms with Crippen LogP contribution in [0.2, 0.25) is 0 Å². The van der Waals surface area contributed by atoms with Crippen LogP contribution in [0.5, 0.6) is 0 Å². The zero-order valence-electron chi connectivity index (χ0n) is 6.93. The second-order valence-electron chi connectivity index (χ2n) is 3.21. The van der Waals surface area contributed by atoms with E-state index >= 15 is 0 Å². The molecule has 0 spiro atoms. The molecule has 0 saturated heterocycles. The monoisotopic (exact) mass is 154 g/mol. The highest BCUT2D eigenvalue weighted by Crippen LogP contribution is 2.22. The van der Waals surface area contributed by atoms with Gasteiger partial charge in [-0.2, -0.15) is 0 Å². The third-order valence-electron chi connectivity index (χ3n) is 2.24. The lowest BCUT2D eigenvalue weighted by molar-refractivity contribution is -0.132. The van der Waals surface area contributed by atoms with Crippen LogP contribution < -0.4 is 0 Å². The number of hydrogen-bond donors (Lipinski definition) is 0. The molecule has 1 atom stereocenters. The molecule has 1 aliphatic carbocycles. The van der Waals surface area contributed by atoms with E-state index < -0.39 is 0 Å². The second kappa shape index (κ2) is 3.65. The Morgan fingerprint density at radius 3 is 2.73 bits per heavy atom. The van der Waals surface area contributed by atoms with E-state index in [1.165, 1.54) is 0 Å². The van der Waals surface area contributed by atoms with Crippen LogP contribution in [0, 0.1) is 5.92 Å². The minimum absolute atomic E-state index is 0.127. The molecular weight excluding hydrogens is 140 g/mol. The van der Waals surface area contributed by atoms with Crippen LogP contribution in [0.3, 0.4) is 0 Å². The van der Waals surface area contributed by atoms with Gasteiger partial charge in [-0.05, 0) is 12.8 Å². The zero-order valence-corrected chi connectivity index (χ0v) is 6.93. The van der Waals surface area contributed by atoms with Crippen molar-refractivity contribution >= 4 is 11.6 Å². The number of carbonyl (C=O) groups excluding carboxylic acids is 2. The highest BCUT2D eigenvalue weighted by atomic mass is 16.1. The van der Waals surface area contributed by atoms with E-state index in [1.807, 2.05) is 0 Å². The van der Waals surface area contributed by atoms with Crippen LogP contribution >= 0.6 is 0 Å². The number of ketones is 2. The lowest BCUT2D eigenvalue weighted by Gasteiger charge is -2.18. The van der Waals surface area contributed by atoms with Gasteiger partial charge in [-0.15, -0.1) is 0 Å². The third-order valence-corrected chi connectivity index (χ3v) is 2.24. The van der Waals surface area contributed by atoms with E-state index in [1.54, 1.807) is 0 Å². The van der Waals surface area contributed by atoms with Gasteiger partial charge in [0.1, 0.15) is 11.6 Å². The summed E-state index contributed by atoms with van der Waals surface area (Å²) in [6, 6.07) is 0. The first-order valence-electron chi connectivity index (χ1n) is 4.28. The molecule has 1 saturated carbocycles. The summed E-state index contributed by atoms with van der Waals surface area (Å²) in [5.74, 6) is 0.489. The van der Waals surface area contributed by atoms with Gasteiger partial charge in [0.25, 0.3) is 0 Å². The summed E-state index contributed by atoms with van der Waals surface area (Å²) in [7, 11) is 0. The van der Waals surface area contributed by atoms with E-state index in [0.29, 0.717) is 6.42 Å². The van der Waals surface area contributed by atoms with Crippen molar-refractivity contribution in [2.24, 2.45) is 5.92 Å². The molecule has 1 rings (SSSR count). The maximum atomic E-state index is 11.2. The molecule has 0 bridgehead atoms. The summed E-state index contributed by atoms with van der Waals surface area (Å²) in [4.78, 5) is 22.0. The molecule has 0 amide bonds. The first kappa shape index (κ1) is 8.44. The smallest absolute Gasteiger partial charge is 0.143 e. The summed E-state index contributed by atoms with van der Waals surface area (Å²) < 4.78 is 0. The Morgan fingerprint density at radius 1 is 1.45 bits per heavy atom. The van der Waals surface area contributed by atoms with Crippen molar-refractivity contribution in [3.63, 3.8) is 0 Å². The fourth-order valence-corrected chi connectivity index (χ4v) is 1.58. The average molecular weight is 154 g/mol. The molecule has 2 heteroatoms. The molecule has 62 valence electrons. The van der Waals surface area contributed by atoms with Gasteiger partial charge in [-0.25, -0.2) is 0 Å². The molecule has 1 unspecified atom stereocenters. The van der Waals surface area contributed by atoms with Crippen LogP contribution in [0.1, 0.15) is 39.0 Å². The van der Waals surface area contributed by atoms with Crippen LogP contribution in [0.25, 0.3) is 0 Å². The highest BCUT2D eigenvalue weighted by molar-refractivity contribution is 6.02. The standard InChI is InChI=1S/C9H14O2/c1-2-3-7-4-5-8(10)6-9(7)11/h7H,2-6H2,1H3. The Kier molecular flexibility index (Phi) is 2.80. The first-order valence-corrected chi connectivity index (χ1v) is 4.28. The van der Waals surface area contributed by atoms with Gasteiger partial charge < -0.3 is 0 Å². The summed E-state index contributed by atoms with van der Waals surface area (Å²) in [5, 5.41) is 0. The van der Waals surface area contributed by atoms with E-state index in [2.05, 4.69) is 6.92 Å². The summed E-state index contributed by atoms with van der Waals surface area (Å²) >= 11 is 0. The van der Waals surface area contributed by atoms with Gasteiger partial charge in [-0.3, -0.25) is 9.59 Å². The minimum atomic E-state index is 0.127. The van der Waals surface area contributed by atoms with Crippen molar-refractivity contribution < 1.29 is 9.59 Å². The van der Waals surface area contributed by atoms with Crippen molar-refractivity contribution in [2.45, 2.75) is 39.0 Å². The normalized spacial score (nSPS) is 25.7. The van der Waals surface area contributed by atoms with Gasteiger partial charge in [0, 0.05) is 12.3 Å². The Labute approximate surface area is 67.0 Å². The summed E-state index contributed by atoms with van der Waals surface area (Å²) in [5.41, 5.74) is 0. The Hall–Kier alpha value is -0.660. The first-order chi connectivity index (χ1) is 5.24. The number of Topliss-reactive ketones (excluding diaryl/α,β-unsaturated/α-hetero) is 2. The Balaban J connectivity index is 2.44. The van der Waals surface area contributed by atoms with E-state index in [4.69, 9.17) is 0 Å². The van der Waals surface area contributed by atoms with Crippen molar-refractivity contribution in [1.29, 1.82) is 0 Å². The molecule has 0 aromatic carbocycles. The fraction of sp³-hybridized carbons (Fsp3) is 0.778. The van der Waals surface area contributed by atoms with Gasteiger partial charge in [0.15, 0.2) is 0 Å². The van der Waals surface area contributed by atoms with Crippen molar-refractivity contribution in [2.75, 3.05) is 0 Å². The average Bonchev–Trinajstić information content (AvgIpc) is 1.95. The predicted molar refractivity (Wildman–Crippen MR) is 42.3 cm³/mol. The molecule has 0 aliphatic heterocycles. The number of rotatable bonds is 2. The van der Waals surface area contributed by atoms with Crippen molar-refractivity contribution in [1.82, 2.24) is 0 Å². The zero-order chi connectivity index (χ0) is 8.27. The van der Waals surface area contributed by atoms with Gasteiger partial charge >= 0.3 is 0 Å². The lowest BCUT2D eigenvalue weighted by Crippen LogP contribution is -2.24. The van der Waals surface area contributed by atoms with Gasteiger partial charge in [-0.1, -0.05) is 13.3 Å². The van der Waals surface area contributed by atoms with Crippen LogP contribution in [-0.4, -0.2) is 11.6 Å². The molecule has 11 heavy (non-hydrogen) atoms. The molecular formula is C9H14O2. The Bertz CT molecular complexity index is 172. The molecule has 0 heterocycles. The fourth-order valence-electron chi connectivity index (χ4n) is 1.58. The van der Waals surface area contributed by atoms with Gasteiger partial charge in [0.05, 0.1) is 6.42 Å². The van der Waals surface area contributed by atoms with Crippen LogP contribution in [-0.2, 0) is 9.59 Å². The predicted octanol–water partition coefficient (Wildman–Crippen LogP) is 1.72. The maximum Gasteiger partial charge on any atom is 0.143 e. The Morgan fingerprint density at radius 2 is 2.18 bits per heavy atom. The summed E-state index contributed by atoms with van der Waals surface area (Å²) in [6.45, 7) is 2.07.